The first kappa shape index (κ1) is 50.0. The zero-order valence-electron chi connectivity index (χ0n) is 48.9. The van der Waals surface area contributed by atoms with Crippen LogP contribution in [0.3, 0.4) is 0 Å². The molecule has 7 aromatic rings. The summed E-state index contributed by atoms with van der Waals surface area (Å²) in [7, 11) is 0. The monoisotopic (exact) mass is 987 g/mol. The molecule has 0 bridgehead atoms. The lowest BCUT2D eigenvalue weighted by Crippen LogP contribution is -2.62. The third kappa shape index (κ3) is 7.46. The zero-order valence-corrected chi connectivity index (χ0v) is 48.9. The largest absolute Gasteiger partial charge is 0.311 e. The van der Waals surface area contributed by atoms with Crippen molar-refractivity contribution in [1.82, 2.24) is 0 Å². The lowest BCUT2D eigenvalue weighted by atomic mass is 9.32. The number of hydrogen-bond acceptors (Lipinski definition) is 2. The Balaban J connectivity index is 1.25. The minimum atomic E-state index is -0.224. The van der Waals surface area contributed by atoms with E-state index in [9.17, 15) is 0 Å². The van der Waals surface area contributed by atoms with E-state index >= 15 is 0 Å². The average molecular weight is 987 g/mol. The lowest BCUT2D eigenvalue weighted by Gasteiger charge is -2.48. The third-order valence-corrected chi connectivity index (χ3v) is 19.8. The summed E-state index contributed by atoms with van der Waals surface area (Å²) in [5.74, 6) is 0. The fourth-order valence-corrected chi connectivity index (χ4v) is 15.8. The van der Waals surface area contributed by atoms with Crippen LogP contribution in [0.5, 0.6) is 0 Å². The summed E-state index contributed by atoms with van der Waals surface area (Å²) >= 11 is 0. The van der Waals surface area contributed by atoms with Gasteiger partial charge in [0.25, 0.3) is 6.71 Å². The summed E-state index contributed by atoms with van der Waals surface area (Å²) in [4.78, 5) is 5.53. The quantitative estimate of drug-likeness (QED) is 0.159. The van der Waals surface area contributed by atoms with Gasteiger partial charge in [0.15, 0.2) is 0 Å². The van der Waals surface area contributed by atoms with Gasteiger partial charge in [-0.05, 0) is 191 Å². The fourth-order valence-electron chi connectivity index (χ4n) is 15.8. The molecule has 0 N–H and O–H groups in total. The maximum absolute atomic E-state index is 2.77. The van der Waals surface area contributed by atoms with Crippen molar-refractivity contribution in [2.45, 2.75) is 194 Å². The van der Waals surface area contributed by atoms with Crippen molar-refractivity contribution in [3.8, 4) is 11.1 Å². The molecular weight excluding hydrogens is 904 g/mol. The molecule has 384 valence electrons. The summed E-state index contributed by atoms with van der Waals surface area (Å²) in [6.07, 6.45) is 4.58. The van der Waals surface area contributed by atoms with E-state index in [2.05, 4.69) is 262 Å². The Labute approximate surface area is 452 Å². The van der Waals surface area contributed by atoms with Crippen LogP contribution < -0.4 is 26.2 Å². The molecule has 2 nitrogen and oxygen atoms in total. The highest BCUT2D eigenvalue weighted by Gasteiger charge is 2.51. The van der Waals surface area contributed by atoms with Crippen LogP contribution in [0.4, 0.5) is 34.1 Å². The van der Waals surface area contributed by atoms with Crippen LogP contribution in [0.2, 0.25) is 0 Å². The van der Waals surface area contributed by atoms with Gasteiger partial charge >= 0.3 is 0 Å². The Morgan fingerprint density at radius 1 is 0.387 bits per heavy atom. The van der Waals surface area contributed by atoms with E-state index in [1.54, 1.807) is 0 Å². The van der Waals surface area contributed by atoms with Gasteiger partial charge in [-0.15, -0.1) is 0 Å². The van der Waals surface area contributed by atoms with E-state index in [0.29, 0.717) is 0 Å². The van der Waals surface area contributed by atoms with Crippen LogP contribution in [0, 0.1) is 6.92 Å². The van der Waals surface area contributed by atoms with E-state index in [4.69, 9.17) is 0 Å². The van der Waals surface area contributed by atoms with E-state index in [-0.39, 0.29) is 50.0 Å². The van der Waals surface area contributed by atoms with Gasteiger partial charge in [0.05, 0.1) is 5.69 Å². The number of nitrogens with zero attached hydrogens (tertiary/aromatic N) is 2. The van der Waals surface area contributed by atoms with E-state index in [1.165, 1.54) is 124 Å². The second-order valence-corrected chi connectivity index (χ2v) is 29.6. The van der Waals surface area contributed by atoms with E-state index < -0.39 is 0 Å². The van der Waals surface area contributed by atoms with E-state index in [1.807, 2.05) is 0 Å². The molecule has 12 rings (SSSR count). The molecule has 0 fully saturated rings. The normalized spacial score (nSPS) is 19.7. The predicted octanol–water partition coefficient (Wildman–Crippen LogP) is 17.6. The minimum absolute atomic E-state index is 0.0130. The van der Waals surface area contributed by atoms with Crippen molar-refractivity contribution >= 4 is 57.2 Å². The minimum Gasteiger partial charge on any atom is -0.311 e. The average Bonchev–Trinajstić information content (AvgIpc) is 3.65. The van der Waals surface area contributed by atoms with Crippen molar-refractivity contribution in [2.24, 2.45) is 0 Å². The van der Waals surface area contributed by atoms with Gasteiger partial charge in [0, 0.05) is 39.4 Å². The highest BCUT2D eigenvalue weighted by Crippen LogP contribution is 2.57. The standard InChI is InChI=1S/C72H83BN2/c1-44-33-50-54(70(13,14)42-68(50,9)10)39-59(44)75-61-41-55-52(69(11,12)43-71(55,15)16)38-57(61)73-56-37-51-53(67(7,8)32-31-66(51,5)6)40-60(56)74(62-35-48(65(2,3)4)36-63(75)64(62)73)58-30-29-47(34-49(58)45-25-21-19-22-26-45)72(17,18)46-27-23-20-24-28-46/h19-30,33-41H,31-32,42-43H2,1-18H3. The van der Waals surface area contributed by atoms with Crippen LogP contribution >= 0.6 is 0 Å². The number of aryl methyl sites for hydroxylation is 1. The first-order valence-electron chi connectivity index (χ1n) is 28.5. The van der Waals surface area contributed by atoms with Gasteiger partial charge in [-0.25, -0.2) is 0 Å². The molecule has 7 aromatic carbocycles. The van der Waals surface area contributed by atoms with E-state index in [0.717, 1.165) is 19.3 Å². The van der Waals surface area contributed by atoms with Gasteiger partial charge in [0.1, 0.15) is 0 Å². The Hall–Kier alpha value is -5.80. The topological polar surface area (TPSA) is 6.48 Å². The number of fused-ring (bicyclic) bond motifs is 7. The summed E-state index contributed by atoms with van der Waals surface area (Å²) in [6, 6.07) is 51.1. The molecule has 0 amide bonds. The number of hydrogen-bond donors (Lipinski definition) is 0. The fraction of sp³-hybridized carbons (Fsp3) is 0.417. The second-order valence-electron chi connectivity index (χ2n) is 29.6. The summed E-state index contributed by atoms with van der Waals surface area (Å²) in [5.41, 5.74) is 28.8. The lowest BCUT2D eigenvalue weighted by molar-refractivity contribution is 0.332. The predicted molar refractivity (Wildman–Crippen MR) is 325 cm³/mol. The first-order valence-corrected chi connectivity index (χ1v) is 28.5. The van der Waals surface area contributed by atoms with Gasteiger partial charge in [0.2, 0.25) is 0 Å². The summed E-state index contributed by atoms with van der Waals surface area (Å²) in [6.45, 7) is 44.3. The molecule has 0 radical (unpaired) electrons. The molecule has 75 heavy (non-hydrogen) atoms. The van der Waals surface area contributed by atoms with Crippen LogP contribution in [-0.2, 0) is 43.3 Å². The second kappa shape index (κ2) is 15.9. The van der Waals surface area contributed by atoms with Crippen molar-refractivity contribution in [3.63, 3.8) is 0 Å². The molecule has 3 aliphatic carbocycles. The van der Waals surface area contributed by atoms with Crippen LogP contribution in [0.25, 0.3) is 11.1 Å². The van der Waals surface area contributed by atoms with Crippen LogP contribution in [0.1, 0.15) is 199 Å². The highest BCUT2D eigenvalue weighted by molar-refractivity contribution is 7.00. The van der Waals surface area contributed by atoms with Gasteiger partial charge < -0.3 is 9.80 Å². The molecule has 0 unspecified atom stereocenters. The van der Waals surface area contributed by atoms with Crippen LogP contribution in [-0.4, -0.2) is 6.71 Å². The maximum Gasteiger partial charge on any atom is 0.252 e. The molecule has 0 spiro atoms. The Morgan fingerprint density at radius 2 is 0.813 bits per heavy atom. The molecule has 2 heterocycles. The number of rotatable bonds is 5. The van der Waals surface area contributed by atoms with Crippen molar-refractivity contribution in [1.29, 1.82) is 0 Å². The van der Waals surface area contributed by atoms with Crippen molar-refractivity contribution in [3.05, 3.63) is 183 Å². The summed E-state index contributed by atoms with van der Waals surface area (Å²) < 4.78 is 0. The van der Waals surface area contributed by atoms with Gasteiger partial charge in [-0.3, -0.25) is 0 Å². The van der Waals surface area contributed by atoms with Crippen molar-refractivity contribution in [2.75, 3.05) is 9.80 Å². The maximum atomic E-state index is 2.77. The molecular formula is C72H83BN2. The zero-order chi connectivity index (χ0) is 53.5. The molecule has 0 saturated heterocycles. The Morgan fingerprint density at radius 3 is 1.32 bits per heavy atom. The molecule has 5 aliphatic rings. The molecule has 0 aromatic heterocycles. The number of benzene rings is 7. The molecule has 0 atom stereocenters. The van der Waals surface area contributed by atoms with Crippen LogP contribution in [0.15, 0.2) is 127 Å². The first-order chi connectivity index (χ1) is 34.9. The highest BCUT2D eigenvalue weighted by atomic mass is 15.2. The summed E-state index contributed by atoms with van der Waals surface area (Å²) in [5, 5.41) is 0. The van der Waals surface area contributed by atoms with Gasteiger partial charge in [-0.1, -0.05) is 203 Å². The number of anilines is 6. The molecule has 2 aliphatic heterocycles. The molecule has 3 heteroatoms. The smallest absolute Gasteiger partial charge is 0.252 e. The third-order valence-electron chi connectivity index (χ3n) is 19.8. The molecule has 0 saturated carbocycles. The Bertz CT molecular complexity index is 3520. The SMILES string of the molecule is Cc1cc2c(cc1N1c3cc4c(cc3B3c5cc6c(cc5N(c5ccc(C(C)(C)c7ccccc7)cc5-c5ccccc5)c5cc(C(C)(C)C)cc1c53)C(C)(C)CCC6(C)C)C(C)(C)CC4(C)C)C(C)(C)CC2(C)C. The van der Waals surface area contributed by atoms with Crippen molar-refractivity contribution < 1.29 is 0 Å². The van der Waals surface area contributed by atoms with Gasteiger partial charge in [-0.2, -0.15) is 0 Å². The Kier molecular flexibility index (Phi) is 10.6.